The molecule has 0 bridgehead atoms. The molecule has 1 unspecified atom stereocenters. The standard InChI is InChI=1S/C18H25BrN2O3/c1-18(2,3)24-17(23)20-9-8-13-4-6-15(7-5-13)21-12-14(11-19)10-16(21)22/h4-7,14H,8-12H2,1-3H3,(H,20,23). The second-order valence-electron chi connectivity index (χ2n) is 7.07. The molecule has 0 aromatic heterocycles. The van der Waals surface area contributed by atoms with E-state index in [-0.39, 0.29) is 5.91 Å². The van der Waals surface area contributed by atoms with Gasteiger partial charge in [0.1, 0.15) is 5.60 Å². The molecule has 24 heavy (non-hydrogen) atoms. The number of halogens is 1. The van der Waals surface area contributed by atoms with E-state index < -0.39 is 11.7 Å². The summed E-state index contributed by atoms with van der Waals surface area (Å²) in [5.74, 6) is 0.564. The van der Waals surface area contributed by atoms with Gasteiger partial charge in [-0.2, -0.15) is 0 Å². The summed E-state index contributed by atoms with van der Waals surface area (Å²) in [5.41, 5.74) is 1.56. The van der Waals surface area contributed by atoms with E-state index in [1.54, 1.807) is 0 Å². The second kappa shape index (κ2) is 8.01. The van der Waals surface area contributed by atoms with Crippen LogP contribution in [-0.2, 0) is 16.0 Å². The van der Waals surface area contributed by atoms with Crippen LogP contribution < -0.4 is 10.2 Å². The lowest BCUT2D eigenvalue weighted by molar-refractivity contribution is -0.117. The topological polar surface area (TPSA) is 58.6 Å². The van der Waals surface area contributed by atoms with Crippen molar-refractivity contribution < 1.29 is 14.3 Å². The zero-order chi connectivity index (χ0) is 17.7. The van der Waals surface area contributed by atoms with Gasteiger partial charge in [0.2, 0.25) is 5.91 Å². The smallest absolute Gasteiger partial charge is 0.407 e. The predicted octanol–water partition coefficient (Wildman–Crippen LogP) is 3.50. The first-order chi connectivity index (χ1) is 11.3. The average Bonchev–Trinajstić information content (AvgIpc) is 2.87. The van der Waals surface area contributed by atoms with Gasteiger partial charge in [0, 0.05) is 30.5 Å². The summed E-state index contributed by atoms with van der Waals surface area (Å²) in [5, 5.41) is 3.60. The fourth-order valence-electron chi connectivity index (χ4n) is 2.60. The quantitative estimate of drug-likeness (QED) is 0.774. The van der Waals surface area contributed by atoms with E-state index in [2.05, 4.69) is 21.2 Å². The molecule has 2 amide bonds. The largest absolute Gasteiger partial charge is 0.444 e. The Morgan fingerprint density at radius 1 is 1.33 bits per heavy atom. The van der Waals surface area contributed by atoms with Gasteiger partial charge in [0.05, 0.1) is 0 Å². The molecule has 132 valence electrons. The summed E-state index contributed by atoms with van der Waals surface area (Å²) in [6.45, 7) is 6.80. The molecule has 2 rings (SSSR count). The van der Waals surface area contributed by atoms with Crippen molar-refractivity contribution >= 4 is 33.6 Å². The third-order valence-electron chi connectivity index (χ3n) is 3.75. The molecule has 1 aliphatic heterocycles. The van der Waals surface area contributed by atoms with Crippen LogP contribution in [0.1, 0.15) is 32.8 Å². The van der Waals surface area contributed by atoms with E-state index in [0.717, 1.165) is 29.5 Å². The molecule has 0 saturated carbocycles. The summed E-state index contributed by atoms with van der Waals surface area (Å²) in [6.07, 6.45) is 0.923. The Morgan fingerprint density at radius 2 is 2.00 bits per heavy atom. The van der Waals surface area contributed by atoms with E-state index in [1.807, 2.05) is 49.9 Å². The van der Waals surface area contributed by atoms with Gasteiger partial charge in [-0.05, 0) is 50.8 Å². The third kappa shape index (κ3) is 5.51. The maximum Gasteiger partial charge on any atom is 0.407 e. The highest BCUT2D eigenvalue weighted by molar-refractivity contribution is 9.09. The van der Waals surface area contributed by atoms with Crippen LogP contribution in [0.4, 0.5) is 10.5 Å². The van der Waals surface area contributed by atoms with Gasteiger partial charge in [-0.1, -0.05) is 28.1 Å². The van der Waals surface area contributed by atoms with Crippen LogP contribution in [0.5, 0.6) is 0 Å². The Bertz CT molecular complexity index is 581. The van der Waals surface area contributed by atoms with Gasteiger partial charge >= 0.3 is 6.09 Å². The Morgan fingerprint density at radius 3 is 2.54 bits per heavy atom. The molecule has 0 spiro atoms. The number of nitrogens with one attached hydrogen (secondary N) is 1. The number of anilines is 1. The van der Waals surface area contributed by atoms with Crippen LogP contribution in [0.25, 0.3) is 0 Å². The van der Waals surface area contributed by atoms with Crippen molar-refractivity contribution in [1.29, 1.82) is 0 Å². The number of carbonyl (C=O) groups is 2. The number of amides is 2. The van der Waals surface area contributed by atoms with Crippen molar-refractivity contribution in [2.45, 2.75) is 39.2 Å². The molecular formula is C18H25BrN2O3. The number of hydrogen-bond donors (Lipinski definition) is 1. The molecule has 6 heteroatoms. The first-order valence-corrected chi connectivity index (χ1v) is 9.33. The number of nitrogens with zero attached hydrogens (tertiary/aromatic N) is 1. The van der Waals surface area contributed by atoms with Gasteiger partial charge in [-0.3, -0.25) is 4.79 Å². The molecule has 1 heterocycles. The molecule has 1 atom stereocenters. The number of alkyl carbamates (subject to hydrolysis) is 1. The molecular weight excluding hydrogens is 372 g/mol. The lowest BCUT2D eigenvalue weighted by Gasteiger charge is -2.19. The van der Waals surface area contributed by atoms with Crippen LogP contribution in [0, 0.1) is 5.92 Å². The van der Waals surface area contributed by atoms with E-state index >= 15 is 0 Å². The third-order valence-corrected chi connectivity index (χ3v) is 4.67. The second-order valence-corrected chi connectivity index (χ2v) is 7.72. The molecule has 1 saturated heterocycles. The highest BCUT2D eigenvalue weighted by Crippen LogP contribution is 2.26. The zero-order valence-corrected chi connectivity index (χ0v) is 16.1. The molecule has 1 aromatic rings. The Hall–Kier alpha value is -1.56. The zero-order valence-electron chi connectivity index (χ0n) is 14.5. The Balaban J connectivity index is 1.82. The molecule has 1 aromatic carbocycles. The van der Waals surface area contributed by atoms with Crippen molar-refractivity contribution in [3.8, 4) is 0 Å². The lowest BCUT2D eigenvalue weighted by Crippen LogP contribution is -2.33. The van der Waals surface area contributed by atoms with Gasteiger partial charge in [0.25, 0.3) is 0 Å². The first-order valence-electron chi connectivity index (χ1n) is 8.20. The number of rotatable bonds is 5. The molecule has 1 aliphatic rings. The van der Waals surface area contributed by atoms with Gasteiger partial charge in [0.15, 0.2) is 0 Å². The maximum absolute atomic E-state index is 12.0. The number of hydrogen-bond acceptors (Lipinski definition) is 3. The number of alkyl halides is 1. The molecule has 0 aliphatic carbocycles. The maximum atomic E-state index is 12.0. The van der Waals surface area contributed by atoms with E-state index in [0.29, 0.717) is 18.9 Å². The summed E-state index contributed by atoms with van der Waals surface area (Å²) in [7, 11) is 0. The Labute approximate surface area is 151 Å². The highest BCUT2D eigenvalue weighted by Gasteiger charge is 2.29. The number of benzene rings is 1. The molecule has 5 nitrogen and oxygen atoms in total. The SMILES string of the molecule is CC(C)(C)OC(=O)NCCc1ccc(N2CC(CBr)CC2=O)cc1. The molecule has 1 fully saturated rings. The van der Waals surface area contributed by atoms with Gasteiger partial charge in [-0.15, -0.1) is 0 Å². The minimum atomic E-state index is -0.485. The van der Waals surface area contributed by atoms with Gasteiger partial charge < -0.3 is 15.0 Å². The van der Waals surface area contributed by atoms with Crippen molar-refractivity contribution in [3.63, 3.8) is 0 Å². The van der Waals surface area contributed by atoms with Crippen LogP contribution in [0.15, 0.2) is 24.3 Å². The van der Waals surface area contributed by atoms with Crippen LogP contribution in [0.3, 0.4) is 0 Å². The van der Waals surface area contributed by atoms with Crippen molar-refractivity contribution in [3.05, 3.63) is 29.8 Å². The minimum absolute atomic E-state index is 0.179. The summed E-state index contributed by atoms with van der Waals surface area (Å²) < 4.78 is 5.20. The summed E-state index contributed by atoms with van der Waals surface area (Å²) in [4.78, 5) is 25.5. The molecule has 1 N–H and O–H groups in total. The predicted molar refractivity (Wildman–Crippen MR) is 98.6 cm³/mol. The van der Waals surface area contributed by atoms with Gasteiger partial charge in [-0.25, -0.2) is 4.79 Å². The van der Waals surface area contributed by atoms with Crippen molar-refractivity contribution in [2.24, 2.45) is 5.92 Å². The normalized spacial score (nSPS) is 17.9. The van der Waals surface area contributed by atoms with E-state index in [9.17, 15) is 9.59 Å². The minimum Gasteiger partial charge on any atom is -0.444 e. The number of carbonyl (C=O) groups excluding carboxylic acids is 2. The number of ether oxygens (including phenoxy) is 1. The summed E-state index contributed by atoms with van der Waals surface area (Å²) in [6, 6.07) is 7.94. The highest BCUT2D eigenvalue weighted by atomic mass is 79.9. The van der Waals surface area contributed by atoms with Crippen LogP contribution in [0.2, 0.25) is 0 Å². The van der Waals surface area contributed by atoms with Crippen LogP contribution in [-0.4, -0.2) is 36.0 Å². The monoisotopic (exact) mass is 396 g/mol. The van der Waals surface area contributed by atoms with E-state index in [1.165, 1.54) is 0 Å². The molecule has 0 radical (unpaired) electrons. The first kappa shape index (κ1) is 18.8. The van der Waals surface area contributed by atoms with Crippen molar-refractivity contribution in [2.75, 3.05) is 23.3 Å². The summed E-state index contributed by atoms with van der Waals surface area (Å²) >= 11 is 3.45. The van der Waals surface area contributed by atoms with E-state index in [4.69, 9.17) is 4.74 Å². The lowest BCUT2D eigenvalue weighted by atomic mass is 10.1. The fourth-order valence-corrected chi connectivity index (χ4v) is 3.03. The fraction of sp³-hybridized carbons (Fsp3) is 0.556. The van der Waals surface area contributed by atoms with Crippen molar-refractivity contribution in [1.82, 2.24) is 5.32 Å². The average molecular weight is 397 g/mol. The Kier molecular flexibility index (Phi) is 6.27. The van der Waals surface area contributed by atoms with Crippen LogP contribution >= 0.6 is 15.9 Å².